The van der Waals surface area contributed by atoms with Crippen LogP contribution in [0, 0.1) is 17.3 Å². The Balaban J connectivity index is 1.79. The lowest BCUT2D eigenvalue weighted by molar-refractivity contribution is -0.154. The first-order valence-corrected chi connectivity index (χ1v) is 12.5. The third kappa shape index (κ3) is 6.27. The molecule has 0 bridgehead atoms. The topological polar surface area (TPSA) is 66.8 Å². The Morgan fingerprint density at radius 1 is 1.39 bits per heavy atom. The summed E-state index contributed by atoms with van der Waals surface area (Å²) in [5.74, 6) is -0.237. The smallest absolute Gasteiger partial charge is 0.306 e. The number of allylic oxidation sites excluding steroid dienone is 5. The molecule has 3 rings (SSSR count). The molecule has 0 radical (unpaired) electrons. The number of fused-ring (bicyclic) bond motifs is 1. The van der Waals surface area contributed by atoms with Gasteiger partial charge in [0.1, 0.15) is 5.60 Å². The molecule has 0 heterocycles. The molecule has 4 heteroatoms. The van der Waals surface area contributed by atoms with Crippen molar-refractivity contribution in [1.29, 1.82) is 0 Å². The first-order valence-electron chi connectivity index (χ1n) is 14.0. The highest BCUT2D eigenvalue weighted by molar-refractivity contribution is 5.69. The Kier molecular flexibility index (Phi) is 6.83. The Hall–Kier alpha value is -1.65. The molecule has 2 N–H and O–H groups in total. The van der Waals surface area contributed by atoms with Gasteiger partial charge in [-0.3, -0.25) is 4.79 Å². The van der Waals surface area contributed by atoms with Crippen molar-refractivity contribution in [2.45, 2.75) is 110 Å². The number of aliphatic hydroxyl groups excluding tert-OH is 2. The number of rotatable bonds is 6. The summed E-state index contributed by atoms with van der Waals surface area (Å²) in [5.41, 5.74) is 2.22. The average molecular weight is 460 g/mol. The van der Waals surface area contributed by atoms with Gasteiger partial charge in [-0.2, -0.15) is 0 Å². The lowest BCUT2D eigenvalue weighted by atomic mass is 9.62. The molecule has 0 aromatic heterocycles. The van der Waals surface area contributed by atoms with Crippen molar-refractivity contribution in [2.75, 3.05) is 0 Å². The largest absolute Gasteiger partial charge is 0.460 e. The quantitative estimate of drug-likeness (QED) is 0.367. The molecule has 2 fully saturated rings. The van der Waals surface area contributed by atoms with Crippen LogP contribution in [0.4, 0.5) is 0 Å². The number of hydrogen-bond donors (Lipinski definition) is 2. The Bertz CT molecular complexity index is 937. The first kappa shape index (κ1) is 21.9. The predicted molar refractivity (Wildman–Crippen MR) is 134 cm³/mol. The van der Waals surface area contributed by atoms with Crippen LogP contribution in [0.1, 0.15) is 96.4 Å². The fraction of sp³-hybridized carbons (Fsp3) is 0.690. The first-order chi connectivity index (χ1) is 16.7. The summed E-state index contributed by atoms with van der Waals surface area (Å²) in [6.07, 6.45) is 10.2. The van der Waals surface area contributed by atoms with E-state index in [4.69, 9.17) is 8.85 Å². The minimum Gasteiger partial charge on any atom is -0.460 e. The lowest BCUT2D eigenvalue weighted by Crippen LogP contribution is -2.32. The average Bonchev–Trinajstić information content (AvgIpc) is 3.15. The molecule has 3 aliphatic rings. The Morgan fingerprint density at radius 3 is 2.85 bits per heavy atom. The molecule has 0 unspecified atom stereocenters. The maximum absolute atomic E-state index is 12.1. The molecule has 0 aromatic carbocycles. The van der Waals surface area contributed by atoms with Gasteiger partial charge >= 0.3 is 5.97 Å². The maximum Gasteiger partial charge on any atom is 0.306 e. The molecule has 0 spiro atoms. The van der Waals surface area contributed by atoms with Crippen LogP contribution in [-0.4, -0.2) is 34.0 Å². The highest BCUT2D eigenvalue weighted by Gasteiger charge is 2.45. The van der Waals surface area contributed by atoms with Crippen LogP contribution in [0.25, 0.3) is 0 Å². The summed E-state index contributed by atoms with van der Waals surface area (Å²) in [6, 6.07) is 0. The summed E-state index contributed by atoms with van der Waals surface area (Å²) in [4.78, 5) is 12.1. The third-order valence-electron chi connectivity index (χ3n) is 7.40. The van der Waals surface area contributed by atoms with Crippen molar-refractivity contribution >= 4 is 5.97 Å². The second-order valence-corrected chi connectivity index (χ2v) is 11.2. The summed E-state index contributed by atoms with van der Waals surface area (Å²) >= 11 is 0. The van der Waals surface area contributed by atoms with E-state index in [-0.39, 0.29) is 17.8 Å². The zero-order valence-electron chi connectivity index (χ0n) is 23.8. The van der Waals surface area contributed by atoms with E-state index in [1.165, 1.54) is 0 Å². The second-order valence-electron chi connectivity index (χ2n) is 11.2. The molecular formula is C29H44O4. The van der Waals surface area contributed by atoms with E-state index in [9.17, 15) is 15.0 Å². The van der Waals surface area contributed by atoms with Crippen LogP contribution < -0.4 is 0 Å². The second kappa shape index (κ2) is 10.3. The molecular weight excluding hydrogens is 412 g/mol. The van der Waals surface area contributed by atoms with E-state index in [1.807, 2.05) is 32.9 Å². The summed E-state index contributed by atoms with van der Waals surface area (Å²) < 4.78 is 31.3. The van der Waals surface area contributed by atoms with Crippen LogP contribution in [0.5, 0.6) is 0 Å². The van der Waals surface area contributed by atoms with Crippen LogP contribution in [-0.2, 0) is 9.53 Å². The van der Waals surface area contributed by atoms with Gasteiger partial charge in [0.2, 0.25) is 0 Å². The highest BCUT2D eigenvalue weighted by Crippen LogP contribution is 2.57. The molecule has 33 heavy (non-hydrogen) atoms. The fourth-order valence-corrected chi connectivity index (χ4v) is 5.77. The fourth-order valence-electron chi connectivity index (χ4n) is 5.77. The maximum atomic E-state index is 12.1. The van der Waals surface area contributed by atoms with Gasteiger partial charge in [-0.1, -0.05) is 49.7 Å². The monoisotopic (exact) mass is 459 g/mol. The van der Waals surface area contributed by atoms with Crippen LogP contribution in [0.3, 0.4) is 0 Å². The van der Waals surface area contributed by atoms with E-state index >= 15 is 0 Å². The van der Waals surface area contributed by atoms with Gasteiger partial charge in [0.15, 0.2) is 0 Å². The minimum absolute atomic E-state index is 0.0685. The van der Waals surface area contributed by atoms with Crippen molar-refractivity contribution in [3.8, 4) is 0 Å². The van der Waals surface area contributed by atoms with Gasteiger partial charge in [-0.15, -0.1) is 0 Å². The minimum atomic E-state index is -2.13. The molecule has 5 atom stereocenters. The molecule has 0 aliphatic heterocycles. The number of aliphatic hydroxyl groups is 2. The van der Waals surface area contributed by atoms with Crippen LogP contribution in [0.2, 0.25) is 0 Å². The molecule has 3 aliphatic carbocycles. The van der Waals surface area contributed by atoms with Crippen molar-refractivity contribution < 1.29 is 23.9 Å². The van der Waals surface area contributed by atoms with Gasteiger partial charge in [-0.25, -0.2) is 0 Å². The van der Waals surface area contributed by atoms with Crippen molar-refractivity contribution in [3.63, 3.8) is 0 Å². The Morgan fingerprint density at radius 2 is 2.15 bits per heavy atom. The van der Waals surface area contributed by atoms with E-state index in [2.05, 4.69) is 19.6 Å². The number of hydrogen-bond acceptors (Lipinski definition) is 4. The normalized spacial score (nSPS) is 35.5. The molecule has 0 saturated heterocycles. The van der Waals surface area contributed by atoms with E-state index in [1.54, 1.807) is 0 Å². The van der Waals surface area contributed by atoms with Crippen LogP contribution >= 0.6 is 0 Å². The van der Waals surface area contributed by atoms with E-state index in [0.717, 1.165) is 36.0 Å². The van der Waals surface area contributed by atoms with Gasteiger partial charge in [-0.05, 0) is 94.1 Å². The number of esters is 1. The number of carbonyl (C=O) groups is 1. The SMILES string of the molecule is [2H]C([2H])([2H])[C@]12CCC/C(=C\C=C3\C[C@H](O)C[C@H](O)C3=C)[C@@H]1CC=C2[C@H](C)CCCC(=O)OC(C)(C)C. The molecule has 4 nitrogen and oxygen atoms in total. The van der Waals surface area contributed by atoms with Crippen molar-refractivity contribution in [3.05, 3.63) is 47.1 Å². The van der Waals surface area contributed by atoms with E-state index < -0.39 is 30.1 Å². The molecule has 184 valence electrons. The van der Waals surface area contributed by atoms with Gasteiger partial charge < -0.3 is 14.9 Å². The predicted octanol–water partition coefficient (Wildman–Crippen LogP) is 6.20. The summed E-state index contributed by atoms with van der Waals surface area (Å²) in [7, 11) is 0. The van der Waals surface area contributed by atoms with Crippen molar-refractivity contribution in [1.82, 2.24) is 0 Å². The standard InChI is InChI=1S/C29H44O4/c1-19(9-7-11-27(32)33-28(3,4)5)24-14-15-25-21(10-8-16-29(24,25)6)12-13-22-17-23(30)18-26(31)20(22)2/h12-14,19,23,25-26,30-31H,2,7-11,15-18H2,1,3-6H3/b21-12+,22-13-/t19-,23+,25+,26+,29-/m1/s1/i6D3. The lowest BCUT2D eigenvalue weighted by Gasteiger charge is -2.42. The number of carbonyl (C=O) groups excluding carboxylic acids is 1. The third-order valence-corrected chi connectivity index (χ3v) is 7.40. The summed E-state index contributed by atoms with van der Waals surface area (Å²) in [5, 5.41) is 20.3. The van der Waals surface area contributed by atoms with Crippen LogP contribution in [0.15, 0.2) is 47.1 Å². The Labute approximate surface area is 204 Å². The van der Waals surface area contributed by atoms with Crippen molar-refractivity contribution in [2.24, 2.45) is 17.3 Å². The highest BCUT2D eigenvalue weighted by atomic mass is 16.6. The van der Waals surface area contributed by atoms with Gasteiger partial charge in [0, 0.05) is 17.0 Å². The molecule has 2 saturated carbocycles. The van der Waals surface area contributed by atoms with Gasteiger partial charge in [0.05, 0.1) is 12.2 Å². The zero-order chi connectivity index (χ0) is 26.9. The zero-order valence-corrected chi connectivity index (χ0v) is 20.8. The number of ether oxygens (including phenoxy) is 1. The summed E-state index contributed by atoms with van der Waals surface area (Å²) in [6.45, 7) is 9.53. The van der Waals surface area contributed by atoms with Gasteiger partial charge in [0.25, 0.3) is 0 Å². The molecule has 0 aromatic rings. The van der Waals surface area contributed by atoms with E-state index in [0.29, 0.717) is 44.1 Å². The molecule has 0 amide bonds.